The maximum absolute atomic E-state index is 11.7. The van der Waals surface area contributed by atoms with Gasteiger partial charge < -0.3 is 16.0 Å². The number of hydrogen-bond acceptors (Lipinski definition) is 4. The van der Waals surface area contributed by atoms with Crippen LogP contribution in [-0.4, -0.2) is 49.0 Å². The molecule has 0 aromatic heterocycles. The summed E-state index contributed by atoms with van der Waals surface area (Å²) in [5.41, 5.74) is 0. The average molecular weight is 231 g/mol. The highest BCUT2D eigenvalue weighted by Crippen LogP contribution is 2.07. The zero-order valence-electron chi connectivity index (χ0n) is 9.00. The minimum atomic E-state index is -0.476. The van der Waals surface area contributed by atoms with Gasteiger partial charge in [-0.15, -0.1) is 0 Å². The number of likely N-dealkylation sites (N-methyl/N-ethyl adjacent to an activating group) is 1. The van der Waals surface area contributed by atoms with E-state index in [1.165, 1.54) is 0 Å². The van der Waals surface area contributed by atoms with Gasteiger partial charge in [-0.25, -0.2) is 0 Å². The summed E-state index contributed by atoms with van der Waals surface area (Å²) in [4.78, 5) is 22.8. The summed E-state index contributed by atoms with van der Waals surface area (Å²) < 4.78 is 0. The molecule has 1 saturated heterocycles. The first kappa shape index (κ1) is 12.3. The Morgan fingerprint density at radius 2 is 2.27 bits per heavy atom. The molecular weight excluding hydrogens is 214 g/mol. The molecule has 2 unspecified atom stereocenters. The first-order valence-electron chi connectivity index (χ1n) is 4.98. The molecule has 0 spiro atoms. The number of carbonyl (C=O) groups is 2. The molecule has 15 heavy (non-hydrogen) atoms. The maximum Gasteiger partial charge on any atom is 0.242 e. The second kappa shape index (κ2) is 5.97. The summed E-state index contributed by atoms with van der Waals surface area (Å²) in [5, 5.41) is 8.28. The quantitative estimate of drug-likeness (QED) is 0.579. The summed E-state index contributed by atoms with van der Waals surface area (Å²) in [6.07, 6.45) is 0. The van der Waals surface area contributed by atoms with Crippen molar-refractivity contribution in [1.82, 2.24) is 16.0 Å². The highest BCUT2D eigenvalue weighted by atomic mass is 32.2. The first-order chi connectivity index (χ1) is 7.15. The second-order valence-corrected chi connectivity index (χ2v) is 4.58. The lowest BCUT2D eigenvalue weighted by Gasteiger charge is -2.23. The summed E-state index contributed by atoms with van der Waals surface area (Å²) in [6, 6.07) is -0.646. The Morgan fingerprint density at radius 1 is 1.53 bits per heavy atom. The Hall–Kier alpha value is -0.750. The van der Waals surface area contributed by atoms with Gasteiger partial charge in [0.05, 0.1) is 6.04 Å². The number of thioether (sulfide) groups is 1. The molecule has 3 N–H and O–H groups in total. The van der Waals surface area contributed by atoms with Crippen LogP contribution in [0.1, 0.15) is 6.92 Å². The first-order valence-corrected chi connectivity index (χ1v) is 6.13. The molecule has 5 nitrogen and oxygen atoms in total. The van der Waals surface area contributed by atoms with Gasteiger partial charge in [0.25, 0.3) is 0 Å². The molecular formula is C9H17N3O2S. The number of hydrogen-bond donors (Lipinski definition) is 3. The van der Waals surface area contributed by atoms with E-state index in [4.69, 9.17) is 0 Å². The van der Waals surface area contributed by atoms with E-state index in [0.717, 1.165) is 18.1 Å². The molecule has 0 bridgehead atoms. The Bertz CT molecular complexity index is 242. The molecule has 2 amide bonds. The van der Waals surface area contributed by atoms with Crippen molar-refractivity contribution < 1.29 is 9.59 Å². The molecule has 0 aromatic rings. The molecule has 0 saturated carbocycles. The van der Waals surface area contributed by atoms with Gasteiger partial charge in [0.15, 0.2) is 0 Å². The molecule has 1 rings (SSSR count). The molecule has 6 heteroatoms. The number of nitrogens with one attached hydrogen (secondary N) is 3. The lowest BCUT2D eigenvalue weighted by atomic mass is 10.2. The highest BCUT2D eigenvalue weighted by molar-refractivity contribution is 7.99. The van der Waals surface area contributed by atoms with Crippen molar-refractivity contribution >= 4 is 23.6 Å². The van der Waals surface area contributed by atoms with E-state index in [1.807, 2.05) is 0 Å². The van der Waals surface area contributed by atoms with Gasteiger partial charge in [-0.1, -0.05) is 0 Å². The molecule has 1 aliphatic rings. The topological polar surface area (TPSA) is 70.2 Å². The van der Waals surface area contributed by atoms with Crippen LogP contribution in [0.3, 0.4) is 0 Å². The van der Waals surface area contributed by atoms with Gasteiger partial charge in [-0.05, 0) is 6.92 Å². The van der Waals surface area contributed by atoms with Crippen LogP contribution in [0.15, 0.2) is 0 Å². The monoisotopic (exact) mass is 231 g/mol. The Balaban J connectivity index is 2.36. The normalized spacial score (nSPS) is 22.9. The van der Waals surface area contributed by atoms with Crippen LogP contribution in [0, 0.1) is 0 Å². The Morgan fingerprint density at radius 3 is 2.80 bits per heavy atom. The number of carbonyl (C=O) groups excluding carboxylic acids is 2. The van der Waals surface area contributed by atoms with Gasteiger partial charge in [0, 0.05) is 25.1 Å². The van der Waals surface area contributed by atoms with Crippen molar-refractivity contribution in [3.63, 3.8) is 0 Å². The van der Waals surface area contributed by atoms with E-state index < -0.39 is 6.04 Å². The van der Waals surface area contributed by atoms with E-state index in [1.54, 1.807) is 25.7 Å². The summed E-state index contributed by atoms with van der Waals surface area (Å²) in [5.74, 6) is 1.53. The Labute approximate surface area is 93.7 Å². The fourth-order valence-electron chi connectivity index (χ4n) is 1.33. The van der Waals surface area contributed by atoms with E-state index in [9.17, 15) is 9.59 Å². The fourth-order valence-corrected chi connectivity index (χ4v) is 2.26. The summed E-state index contributed by atoms with van der Waals surface area (Å²) in [6.45, 7) is 2.52. The maximum atomic E-state index is 11.7. The summed E-state index contributed by atoms with van der Waals surface area (Å²) >= 11 is 1.75. The van der Waals surface area contributed by atoms with Crippen LogP contribution in [-0.2, 0) is 9.59 Å². The molecule has 2 atom stereocenters. The van der Waals surface area contributed by atoms with Crippen LogP contribution in [0.2, 0.25) is 0 Å². The van der Waals surface area contributed by atoms with Gasteiger partial charge in [-0.3, -0.25) is 9.59 Å². The van der Waals surface area contributed by atoms with E-state index >= 15 is 0 Å². The molecule has 0 radical (unpaired) electrons. The smallest absolute Gasteiger partial charge is 0.242 e. The van der Waals surface area contributed by atoms with Crippen molar-refractivity contribution in [3.05, 3.63) is 0 Å². The number of rotatable bonds is 3. The molecule has 1 fully saturated rings. The van der Waals surface area contributed by atoms with Gasteiger partial charge in [0.2, 0.25) is 11.8 Å². The fraction of sp³-hybridized carbons (Fsp3) is 0.778. The van der Waals surface area contributed by atoms with Crippen LogP contribution < -0.4 is 16.0 Å². The predicted octanol–water partition coefficient (Wildman–Crippen LogP) is -1.06. The SMILES string of the molecule is CNC(=O)C(C)NC(=O)C1CSCCN1. The van der Waals surface area contributed by atoms with Gasteiger partial charge in [-0.2, -0.15) is 11.8 Å². The molecule has 86 valence electrons. The second-order valence-electron chi connectivity index (χ2n) is 3.43. The highest BCUT2D eigenvalue weighted by Gasteiger charge is 2.23. The minimum absolute atomic E-state index is 0.0988. The van der Waals surface area contributed by atoms with Crippen molar-refractivity contribution in [2.45, 2.75) is 19.0 Å². The van der Waals surface area contributed by atoms with E-state index in [0.29, 0.717) is 0 Å². The van der Waals surface area contributed by atoms with Crippen LogP contribution in [0.5, 0.6) is 0 Å². The lowest BCUT2D eigenvalue weighted by molar-refractivity contribution is -0.129. The third kappa shape index (κ3) is 3.71. The average Bonchev–Trinajstić information content (AvgIpc) is 2.29. The van der Waals surface area contributed by atoms with Crippen LogP contribution in [0.25, 0.3) is 0 Å². The number of amides is 2. The molecule has 1 heterocycles. The van der Waals surface area contributed by atoms with Gasteiger partial charge >= 0.3 is 0 Å². The predicted molar refractivity (Wildman–Crippen MR) is 60.8 cm³/mol. The standard InChI is InChI=1S/C9H17N3O2S/c1-6(8(13)10-2)12-9(14)7-5-15-4-3-11-7/h6-7,11H,3-5H2,1-2H3,(H,10,13)(H,12,14). The third-order valence-electron chi connectivity index (χ3n) is 2.24. The zero-order valence-corrected chi connectivity index (χ0v) is 9.82. The zero-order chi connectivity index (χ0) is 11.3. The largest absolute Gasteiger partial charge is 0.357 e. The van der Waals surface area contributed by atoms with Crippen LogP contribution >= 0.6 is 11.8 Å². The summed E-state index contributed by atoms with van der Waals surface area (Å²) in [7, 11) is 1.56. The van der Waals surface area contributed by atoms with Gasteiger partial charge in [0.1, 0.15) is 6.04 Å². The van der Waals surface area contributed by atoms with Crippen molar-refractivity contribution in [2.75, 3.05) is 25.1 Å². The molecule has 0 aliphatic carbocycles. The van der Waals surface area contributed by atoms with Crippen molar-refractivity contribution in [1.29, 1.82) is 0 Å². The lowest BCUT2D eigenvalue weighted by Crippen LogP contribution is -2.53. The van der Waals surface area contributed by atoms with E-state index in [-0.39, 0.29) is 17.9 Å². The molecule has 0 aromatic carbocycles. The molecule has 1 aliphatic heterocycles. The van der Waals surface area contributed by atoms with E-state index in [2.05, 4.69) is 16.0 Å². The van der Waals surface area contributed by atoms with Crippen molar-refractivity contribution in [3.8, 4) is 0 Å². The Kier molecular flexibility index (Phi) is 4.90. The third-order valence-corrected chi connectivity index (χ3v) is 3.30. The van der Waals surface area contributed by atoms with Crippen LogP contribution in [0.4, 0.5) is 0 Å². The van der Waals surface area contributed by atoms with Crippen molar-refractivity contribution in [2.24, 2.45) is 0 Å². The minimum Gasteiger partial charge on any atom is -0.357 e.